The van der Waals surface area contributed by atoms with Crippen LogP contribution in [0.2, 0.25) is 0 Å². The molecule has 4 aliphatic rings. The van der Waals surface area contributed by atoms with Crippen molar-refractivity contribution >= 4 is 0 Å². The van der Waals surface area contributed by atoms with Crippen molar-refractivity contribution in [2.24, 2.45) is 34.5 Å². The van der Waals surface area contributed by atoms with E-state index in [4.69, 9.17) is 0 Å². The Morgan fingerprint density at radius 2 is 1.81 bits per heavy atom. The van der Waals surface area contributed by atoms with Crippen LogP contribution >= 0.6 is 0 Å². The Morgan fingerprint density at radius 1 is 1.06 bits per heavy atom. The Balaban J connectivity index is 1.50. The van der Waals surface area contributed by atoms with E-state index in [1.165, 1.54) is 44.9 Å². The van der Waals surface area contributed by atoms with Gasteiger partial charge in [0.05, 0.1) is 12.2 Å². The maximum atomic E-state index is 10.2. The highest BCUT2D eigenvalue weighted by Crippen LogP contribution is 2.60. The van der Waals surface area contributed by atoms with Crippen LogP contribution in [0.4, 0.5) is 0 Å². The molecule has 172 valence electrons. The lowest BCUT2D eigenvalue weighted by Crippen LogP contribution is -2.35. The molecule has 0 radical (unpaired) electrons. The molecule has 4 saturated carbocycles. The second kappa shape index (κ2) is 8.67. The van der Waals surface area contributed by atoms with Gasteiger partial charge < -0.3 is 10.2 Å². The minimum Gasteiger partial charge on any atom is -0.393 e. The fourth-order valence-corrected chi connectivity index (χ4v) is 7.17. The molecule has 0 amide bonds. The van der Waals surface area contributed by atoms with E-state index in [-0.39, 0.29) is 0 Å². The molecule has 0 aromatic carbocycles. The summed E-state index contributed by atoms with van der Waals surface area (Å²) >= 11 is 0. The van der Waals surface area contributed by atoms with E-state index >= 15 is 0 Å². The summed E-state index contributed by atoms with van der Waals surface area (Å²) in [6.45, 7) is 13.8. The number of rotatable bonds is 5. The Hall–Kier alpha value is -1.12. The smallest absolute Gasteiger partial charge is 0.0811 e. The van der Waals surface area contributed by atoms with Crippen LogP contribution in [0.15, 0.2) is 47.6 Å². The first kappa shape index (κ1) is 23.1. The van der Waals surface area contributed by atoms with Crippen LogP contribution in [-0.4, -0.2) is 22.4 Å². The first-order chi connectivity index (χ1) is 14.7. The van der Waals surface area contributed by atoms with Crippen LogP contribution < -0.4 is 0 Å². The van der Waals surface area contributed by atoms with Gasteiger partial charge in [-0.05, 0) is 97.0 Å². The lowest BCUT2D eigenvalue weighted by atomic mass is 9.61. The number of hydrogen-bond donors (Lipinski definition) is 2. The largest absolute Gasteiger partial charge is 0.393 e. The van der Waals surface area contributed by atoms with Crippen LogP contribution in [0.1, 0.15) is 85.5 Å². The lowest BCUT2D eigenvalue weighted by Gasteiger charge is -2.44. The number of fused-ring (bicyclic) bond motifs is 1. The van der Waals surface area contributed by atoms with E-state index in [2.05, 4.69) is 58.6 Å². The van der Waals surface area contributed by atoms with Crippen molar-refractivity contribution in [3.05, 3.63) is 47.6 Å². The first-order valence-electron chi connectivity index (χ1n) is 12.8. The van der Waals surface area contributed by atoms with Gasteiger partial charge in [0.2, 0.25) is 0 Å². The average Bonchev–Trinajstić information content (AvgIpc) is 3.43. The maximum Gasteiger partial charge on any atom is 0.0811 e. The van der Waals surface area contributed by atoms with Crippen LogP contribution in [0.5, 0.6) is 0 Å². The molecule has 0 unspecified atom stereocenters. The molecule has 4 fully saturated rings. The van der Waals surface area contributed by atoms with Crippen molar-refractivity contribution in [2.45, 2.75) is 97.7 Å². The highest BCUT2D eigenvalue weighted by atomic mass is 16.3. The number of aliphatic hydroxyl groups is 2. The van der Waals surface area contributed by atoms with E-state index in [9.17, 15) is 10.2 Å². The molecule has 0 bridgehead atoms. The predicted molar refractivity (Wildman–Crippen MR) is 130 cm³/mol. The Kier molecular flexibility index (Phi) is 6.45. The summed E-state index contributed by atoms with van der Waals surface area (Å²) in [6, 6.07) is 0. The molecule has 2 N–H and O–H groups in total. The second-order valence-corrected chi connectivity index (χ2v) is 11.8. The molecule has 31 heavy (non-hydrogen) atoms. The number of allylic oxidation sites excluding steroid dienone is 5. The molecule has 2 heteroatoms. The van der Waals surface area contributed by atoms with Crippen molar-refractivity contribution < 1.29 is 10.2 Å². The van der Waals surface area contributed by atoms with Crippen molar-refractivity contribution in [1.82, 2.24) is 0 Å². The maximum absolute atomic E-state index is 10.2. The third kappa shape index (κ3) is 4.40. The summed E-state index contributed by atoms with van der Waals surface area (Å²) in [4.78, 5) is 0. The fraction of sp³-hybridized carbons (Fsp3) is 0.724. The summed E-state index contributed by atoms with van der Waals surface area (Å²) in [5.41, 5.74) is 4.30. The van der Waals surface area contributed by atoms with Gasteiger partial charge in [-0.1, -0.05) is 64.2 Å². The molecule has 0 aliphatic heterocycles. The van der Waals surface area contributed by atoms with Gasteiger partial charge in [0, 0.05) is 6.42 Å². The highest BCUT2D eigenvalue weighted by Gasteiger charge is 2.50. The lowest BCUT2D eigenvalue weighted by molar-refractivity contribution is 0.0862. The average molecular weight is 425 g/mol. The molecule has 4 rings (SSSR count). The van der Waals surface area contributed by atoms with E-state index < -0.39 is 12.2 Å². The molecule has 4 aliphatic carbocycles. The van der Waals surface area contributed by atoms with Crippen molar-refractivity contribution in [3.8, 4) is 0 Å². The monoisotopic (exact) mass is 424 g/mol. The molecule has 0 aromatic heterocycles. The van der Waals surface area contributed by atoms with Gasteiger partial charge in [-0.3, -0.25) is 0 Å². The minimum absolute atomic E-state index is 0.392. The van der Waals surface area contributed by atoms with Crippen molar-refractivity contribution in [3.63, 3.8) is 0 Å². The molecule has 2 nitrogen and oxygen atoms in total. The summed E-state index contributed by atoms with van der Waals surface area (Å²) in [7, 11) is 0. The molecule has 6 atom stereocenters. The molecule has 0 saturated heterocycles. The zero-order chi connectivity index (χ0) is 22.4. The van der Waals surface area contributed by atoms with Crippen LogP contribution in [0.25, 0.3) is 0 Å². The van der Waals surface area contributed by atoms with Crippen LogP contribution in [0.3, 0.4) is 0 Å². The summed E-state index contributed by atoms with van der Waals surface area (Å²) < 4.78 is 0. The van der Waals surface area contributed by atoms with Crippen LogP contribution in [0, 0.1) is 34.5 Å². The number of aliphatic hydroxyl groups excluding tert-OH is 2. The molecule has 0 spiro atoms. The van der Waals surface area contributed by atoms with E-state index in [1.807, 2.05) is 0 Å². The highest BCUT2D eigenvalue weighted by molar-refractivity contribution is 5.38. The van der Waals surface area contributed by atoms with Crippen molar-refractivity contribution in [1.29, 1.82) is 0 Å². The standard InChI is InChI=1S/C29H44O2/c1-19(2)29(15-16-29)14-12-20(3)25-10-11-26-22(7-6-13-28(25,26)5)8-9-23-17-24(30)18-27(31)21(23)4/h8-9,12,14,19-20,24-27,30-31H,4,6-7,10-11,13,15-18H2,1-3,5H3/b14-12+,22-8+,23-9-/t20-,24-,25-,26+,27+,28-/m1/s1. The Bertz CT molecular complexity index is 781. The molecular formula is C29H44O2. The van der Waals surface area contributed by atoms with Gasteiger partial charge >= 0.3 is 0 Å². The molecule has 0 heterocycles. The van der Waals surface area contributed by atoms with Gasteiger partial charge in [0.1, 0.15) is 0 Å². The Morgan fingerprint density at radius 3 is 2.48 bits per heavy atom. The van der Waals surface area contributed by atoms with E-state index in [0.717, 1.165) is 23.0 Å². The summed E-state index contributed by atoms with van der Waals surface area (Å²) in [5, 5.41) is 20.2. The zero-order valence-electron chi connectivity index (χ0n) is 20.2. The minimum atomic E-state index is -0.603. The van der Waals surface area contributed by atoms with Gasteiger partial charge in [-0.2, -0.15) is 0 Å². The summed E-state index contributed by atoms with van der Waals surface area (Å²) in [6.07, 6.45) is 18.8. The van der Waals surface area contributed by atoms with Gasteiger partial charge in [0.25, 0.3) is 0 Å². The van der Waals surface area contributed by atoms with Crippen molar-refractivity contribution in [2.75, 3.05) is 0 Å². The third-order valence-electron chi connectivity index (χ3n) is 9.65. The first-order valence-corrected chi connectivity index (χ1v) is 12.8. The summed E-state index contributed by atoms with van der Waals surface area (Å²) in [5.74, 6) is 2.84. The van der Waals surface area contributed by atoms with Gasteiger partial charge in [0.15, 0.2) is 0 Å². The second-order valence-electron chi connectivity index (χ2n) is 11.8. The normalized spacial score (nSPS) is 41.3. The van der Waals surface area contributed by atoms with E-state index in [1.54, 1.807) is 5.57 Å². The fourth-order valence-electron chi connectivity index (χ4n) is 7.17. The molecule has 0 aromatic rings. The SMILES string of the molecule is C=C1/C(=C\C=C2/CCC[C@]3(C)[C@@H]([C@H](C)/C=C/C4(C(C)C)CC4)CC[C@@H]23)C[C@@H](O)C[C@@H]1O. The topological polar surface area (TPSA) is 40.5 Å². The number of hydrogen-bond acceptors (Lipinski definition) is 2. The van der Waals surface area contributed by atoms with Gasteiger partial charge in [-0.25, -0.2) is 0 Å². The van der Waals surface area contributed by atoms with Crippen LogP contribution in [-0.2, 0) is 0 Å². The van der Waals surface area contributed by atoms with E-state index in [0.29, 0.717) is 35.5 Å². The predicted octanol–water partition coefficient (Wildman–Crippen LogP) is 6.76. The third-order valence-corrected chi connectivity index (χ3v) is 9.65. The Labute approximate surface area is 190 Å². The molecular weight excluding hydrogens is 380 g/mol. The zero-order valence-corrected chi connectivity index (χ0v) is 20.2. The quantitative estimate of drug-likeness (QED) is 0.479. The van der Waals surface area contributed by atoms with Gasteiger partial charge in [-0.15, -0.1) is 0 Å².